The van der Waals surface area contributed by atoms with E-state index >= 15 is 0 Å². The maximum absolute atomic E-state index is 12.9. The van der Waals surface area contributed by atoms with Crippen molar-refractivity contribution in [3.63, 3.8) is 0 Å². The molecule has 0 spiro atoms. The number of nitrogens with one attached hydrogen (secondary N) is 4. The summed E-state index contributed by atoms with van der Waals surface area (Å²) in [7, 11) is 0. The van der Waals surface area contributed by atoms with E-state index in [4.69, 9.17) is 15.9 Å². The quantitative estimate of drug-likeness (QED) is 0.173. The van der Waals surface area contributed by atoms with Crippen LogP contribution in [-0.4, -0.2) is 74.0 Å². The molecule has 13 heteroatoms. The normalized spacial score (nSPS) is 14.6. The van der Waals surface area contributed by atoms with Crippen LogP contribution in [0.5, 0.6) is 0 Å². The molecule has 0 saturated carbocycles. The van der Waals surface area contributed by atoms with Gasteiger partial charge in [-0.1, -0.05) is 13.8 Å². The minimum Gasteiger partial charge on any atom is -0.481 e. The van der Waals surface area contributed by atoms with Gasteiger partial charge in [0.15, 0.2) is 0 Å². The minimum absolute atomic E-state index is 0.0696. The second-order valence-corrected chi connectivity index (χ2v) is 8.12. The molecule has 184 valence electrons. The van der Waals surface area contributed by atoms with Gasteiger partial charge in [0.1, 0.15) is 18.1 Å². The lowest BCUT2D eigenvalue weighted by molar-refractivity contribution is -0.141. The summed E-state index contributed by atoms with van der Waals surface area (Å²) in [5.74, 6) is -4.52. The average Bonchev–Trinajstić information content (AvgIpc) is 3.22. The molecule has 0 aromatic carbocycles. The predicted molar refractivity (Wildman–Crippen MR) is 116 cm³/mol. The van der Waals surface area contributed by atoms with E-state index in [0.717, 1.165) is 0 Å². The number of aliphatic carboxylic acids is 2. The molecule has 1 rings (SSSR count). The van der Waals surface area contributed by atoms with E-state index in [1.165, 1.54) is 19.4 Å². The number of rotatable bonds is 14. The Hall–Kier alpha value is -3.48. The van der Waals surface area contributed by atoms with E-state index in [1.54, 1.807) is 0 Å². The van der Waals surface area contributed by atoms with Crippen molar-refractivity contribution in [1.82, 2.24) is 25.9 Å². The summed E-state index contributed by atoms with van der Waals surface area (Å²) < 4.78 is 0. The zero-order valence-electron chi connectivity index (χ0n) is 18.8. The average molecular weight is 469 g/mol. The van der Waals surface area contributed by atoms with Crippen molar-refractivity contribution in [3.8, 4) is 0 Å². The first-order valence-corrected chi connectivity index (χ1v) is 10.5. The molecule has 1 aromatic heterocycles. The highest BCUT2D eigenvalue weighted by molar-refractivity contribution is 5.94. The topological polar surface area (TPSA) is 217 Å². The monoisotopic (exact) mass is 468 g/mol. The number of carbonyl (C=O) groups excluding carboxylic acids is 3. The highest BCUT2D eigenvalue weighted by Crippen LogP contribution is 2.06. The van der Waals surface area contributed by atoms with Crippen LogP contribution in [0, 0.1) is 5.92 Å². The first-order chi connectivity index (χ1) is 15.4. The molecule has 0 radical (unpaired) electrons. The van der Waals surface area contributed by atoms with Crippen molar-refractivity contribution in [2.75, 3.05) is 0 Å². The molecule has 4 atom stereocenters. The van der Waals surface area contributed by atoms with Gasteiger partial charge in [-0.05, 0) is 25.7 Å². The lowest BCUT2D eigenvalue weighted by Gasteiger charge is -2.24. The molecule has 0 unspecified atom stereocenters. The highest BCUT2D eigenvalue weighted by atomic mass is 16.4. The van der Waals surface area contributed by atoms with E-state index in [2.05, 4.69) is 25.9 Å². The molecule has 0 aliphatic carbocycles. The van der Waals surface area contributed by atoms with Gasteiger partial charge in [-0.25, -0.2) is 4.98 Å². The van der Waals surface area contributed by atoms with Crippen LogP contribution in [0.1, 0.15) is 45.7 Å². The van der Waals surface area contributed by atoms with Crippen LogP contribution in [0.2, 0.25) is 0 Å². The van der Waals surface area contributed by atoms with E-state index < -0.39 is 60.2 Å². The third-order valence-electron chi connectivity index (χ3n) is 4.67. The summed E-state index contributed by atoms with van der Waals surface area (Å²) in [5, 5.41) is 25.2. The molecule has 0 aliphatic heterocycles. The standard InChI is InChI=1S/C20H32N6O7/c1-10(2)6-13(21)17(29)25-14(4-5-16(27)28)18(30)26-15(7-12-8-22-9-23-12)19(31)24-11(3)20(32)33/h8-11,13-15H,4-7,21H2,1-3H3,(H,22,23)(H,24,31)(H,25,29)(H,26,30)(H,27,28)(H,32,33)/t11-,13-,14-,15-/m0/s1. The number of aromatic nitrogens is 2. The van der Waals surface area contributed by atoms with Crippen LogP contribution >= 0.6 is 0 Å². The van der Waals surface area contributed by atoms with Gasteiger partial charge < -0.3 is 36.9 Å². The molecule has 3 amide bonds. The fourth-order valence-corrected chi connectivity index (χ4v) is 2.90. The van der Waals surface area contributed by atoms with E-state index in [-0.39, 0.29) is 18.8 Å². The second kappa shape index (κ2) is 13.2. The third kappa shape index (κ3) is 10.1. The number of amides is 3. The van der Waals surface area contributed by atoms with Crippen LogP contribution < -0.4 is 21.7 Å². The molecule has 0 bridgehead atoms. The van der Waals surface area contributed by atoms with Gasteiger partial charge in [0.25, 0.3) is 0 Å². The van der Waals surface area contributed by atoms with Crippen LogP contribution in [0.25, 0.3) is 0 Å². The molecule has 13 nitrogen and oxygen atoms in total. The van der Waals surface area contributed by atoms with Crippen molar-refractivity contribution in [3.05, 3.63) is 18.2 Å². The summed E-state index contributed by atoms with van der Waals surface area (Å²) in [5.41, 5.74) is 6.27. The molecule has 1 heterocycles. The van der Waals surface area contributed by atoms with E-state index in [9.17, 15) is 24.0 Å². The molecule has 0 aliphatic rings. The van der Waals surface area contributed by atoms with Crippen LogP contribution in [0.15, 0.2) is 12.5 Å². The number of imidazole rings is 1. The first-order valence-electron chi connectivity index (χ1n) is 10.5. The van der Waals surface area contributed by atoms with Crippen molar-refractivity contribution in [1.29, 1.82) is 0 Å². The maximum Gasteiger partial charge on any atom is 0.325 e. The maximum atomic E-state index is 12.9. The molecule has 33 heavy (non-hydrogen) atoms. The largest absolute Gasteiger partial charge is 0.481 e. The van der Waals surface area contributed by atoms with Crippen LogP contribution in [0.4, 0.5) is 0 Å². The fraction of sp³-hybridized carbons (Fsp3) is 0.600. The number of hydrogen-bond acceptors (Lipinski definition) is 7. The van der Waals surface area contributed by atoms with Crippen molar-refractivity contribution >= 4 is 29.7 Å². The lowest BCUT2D eigenvalue weighted by Crippen LogP contribution is -2.57. The smallest absolute Gasteiger partial charge is 0.325 e. The second-order valence-electron chi connectivity index (χ2n) is 8.12. The molecule has 1 aromatic rings. The minimum atomic E-state index is -1.27. The number of carboxylic acid groups (broad SMARTS) is 2. The lowest BCUT2D eigenvalue weighted by atomic mass is 10.0. The molecule has 0 fully saturated rings. The summed E-state index contributed by atoms with van der Waals surface area (Å²) in [6.07, 6.45) is 2.52. The van der Waals surface area contributed by atoms with Crippen LogP contribution in [0.3, 0.4) is 0 Å². The van der Waals surface area contributed by atoms with Gasteiger partial charge in [-0.2, -0.15) is 0 Å². The number of nitrogens with zero attached hydrogens (tertiary/aromatic N) is 1. The van der Waals surface area contributed by atoms with Gasteiger partial charge in [-0.3, -0.25) is 24.0 Å². The fourth-order valence-electron chi connectivity index (χ4n) is 2.90. The van der Waals surface area contributed by atoms with Crippen LogP contribution in [-0.2, 0) is 30.4 Å². The summed E-state index contributed by atoms with van der Waals surface area (Å²) >= 11 is 0. The van der Waals surface area contributed by atoms with Crippen molar-refractivity contribution in [2.24, 2.45) is 11.7 Å². The van der Waals surface area contributed by atoms with Gasteiger partial charge in [0.2, 0.25) is 17.7 Å². The number of hydrogen-bond donors (Lipinski definition) is 7. The Bertz CT molecular complexity index is 827. The number of H-pyrrole nitrogens is 1. The van der Waals surface area contributed by atoms with E-state index in [0.29, 0.717) is 12.1 Å². The Morgan fingerprint density at radius 2 is 1.61 bits per heavy atom. The Morgan fingerprint density at radius 1 is 1.00 bits per heavy atom. The zero-order chi connectivity index (χ0) is 25.1. The summed E-state index contributed by atoms with van der Waals surface area (Å²) in [6.45, 7) is 5.01. The van der Waals surface area contributed by atoms with Gasteiger partial charge in [-0.15, -0.1) is 0 Å². The van der Waals surface area contributed by atoms with Gasteiger partial charge in [0.05, 0.1) is 18.1 Å². The SMILES string of the molecule is CC(C)C[C@H](N)C(=O)N[C@@H](CCC(=O)O)C(=O)N[C@@H](Cc1c[nH]cn1)C(=O)N[C@@H](C)C(=O)O. The number of aromatic amines is 1. The zero-order valence-corrected chi connectivity index (χ0v) is 18.8. The molecular weight excluding hydrogens is 436 g/mol. The van der Waals surface area contributed by atoms with Gasteiger partial charge in [0, 0.05) is 19.0 Å². The first kappa shape index (κ1) is 27.6. The Balaban J connectivity index is 3.00. The Kier molecular flexibility index (Phi) is 11.0. The van der Waals surface area contributed by atoms with Crippen molar-refractivity contribution in [2.45, 2.75) is 70.6 Å². The number of nitrogens with two attached hydrogens (primary N) is 1. The molecular formula is C20H32N6O7. The highest BCUT2D eigenvalue weighted by Gasteiger charge is 2.30. The van der Waals surface area contributed by atoms with E-state index in [1.807, 2.05) is 13.8 Å². The summed E-state index contributed by atoms with van der Waals surface area (Å²) in [6, 6.07) is -4.60. The molecule has 8 N–H and O–H groups in total. The Labute approximate surface area is 190 Å². The number of carboxylic acids is 2. The summed E-state index contributed by atoms with van der Waals surface area (Å²) in [4.78, 5) is 66.8. The number of carbonyl (C=O) groups is 5. The van der Waals surface area contributed by atoms with Crippen molar-refractivity contribution < 1.29 is 34.2 Å². The predicted octanol–water partition coefficient (Wildman–Crippen LogP) is -1.25. The molecule has 0 saturated heterocycles. The third-order valence-corrected chi connectivity index (χ3v) is 4.67. The van der Waals surface area contributed by atoms with Gasteiger partial charge >= 0.3 is 11.9 Å². The Morgan fingerprint density at radius 3 is 2.12 bits per heavy atom.